The zero-order valence-electron chi connectivity index (χ0n) is 12.9. The van der Waals surface area contributed by atoms with Crippen LogP contribution in [-0.4, -0.2) is 22.3 Å². The van der Waals surface area contributed by atoms with E-state index in [1.165, 1.54) is 30.5 Å². The Morgan fingerprint density at radius 3 is 2.70 bits per heavy atom. The number of guanidine groups is 1. The fourth-order valence-corrected chi connectivity index (χ4v) is 2.74. The van der Waals surface area contributed by atoms with Gasteiger partial charge in [0.05, 0.1) is 12.2 Å². The molecule has 0 radical (unpaired) electrons. The number of nitrogens with zero attached hydrogens (tertiary/aromatic N) is 3. The molecule has 0 amide bonds. The highest BCUT2D eigenvalue weighted by Gasteiger charge is 2.17. The monoisotopic (exact) mass is 277 g/mol. The summed E-state index contributed by atoms with van der Waals surface area (Å²) in [7, 11) is 2.00. The van der Waals surface area contributed by atoms with Crippen LogP contribution in [0.2, 0.25) is 0 Å². The summed E-state index contributed by atoms with van der Waals surface area (Å²) in [6.45, 7) is 5.88. The number of nitrogens with two attached hydrogens (primary N) is 1. The predicted molar refractivity (Wildman–Crippen MR) is 82.6 cm³/mol. The van der Waals surface area contributed by atoms with Crippen LogP contribution in [-0.2, 0) is 26.4 Å². The lowest BCUT2D eigenvalue weighted by Crippen LogP contribution is -2.37. The van der Waals surface area contributed by atoms with E-state index in [-0.39, 0.29) is 0 Å². The van der Waals surface area contributed by atoms with Crippen molar-refractivity contribution in [1.29, 1.82) is 0 Å². The zero-order valence-corrected chi connectivity index (χ0v) is 12.9. The fraction of sp³-hybridized carbons (Fsp3) is 0.733. The third kappa shape index (κ3) is 3.32. The Morgan fingerprint density at radius 2 is 2.15 bits per heavy atom. The minimum absolute atomic E-state index is 0.560. The standard InChI is InChI=1S/C15H27N5/c1-4-13-12(14(5-2)20(3)19-13)10-18-15(16)17-9-11-7-6-8-11/h11H,4-10H2,1-3H3,(H3,16,17,18). The van der Waals surface area contributed by atoms with E-state index in [2.05, 4.69) is 29.3 Å². The van der Waals surface area contributed by atoms with Gasteiger partial charge in [0.25, 0.3) is 0 Å². The molecule has 1 aliphatic rings. The van der Waals surface area contributed by atoms with Gasteiger partial charge in [-0.25, -0.2) is 4.99 Å². The van der Waals surface area contributed by atoms with E-state index in [4.69, 9.17) is 5.73 Å². The van der Waals surface area contributed by atoms with Crippen LogP contribution in [0.4, 0.5) is 0 Å². The first kappa shape index (κ1) is 14.9. The van der Waals surface area contributed by atoms with E-state index in [9.17, 15) is 0 Å². The molecule has 0 saturated heterocycles. The maximum atomic E-state index is 5.95. The number of hydrogen-bond donors (Lipinski definition) is 2. The van der Waals surface area contributed by atoms with E-state index >= 15 is 0 Å². The predicted octanol–water partition coefficient (Wildman–Crippen LogP) is 1.75. The Bertz CT molecular complexity index is 471. The molecule has 0 aliphatic heterocycles. The summed E-state index contributed by atoms with van der Waals surface area (Å²) in [6, 6.07) is 0. The van der Waals surface area contributed by atoms with Gasteiger partial charge in [0.15, 0.2) is 5.96 Å². The number of hydrogen-bond acceptors (Lipinski definition) is 2. The zero-order chi connectivity index (χ0) is 14.5. The molecule has 0 atom stereocenters. The van der Waals surface area contributed by atoms with Crippen molar-refractivity contribution >= 4 is 5.96 Å². The minimum Gasteiger partial charge on any atom is -0.370 e. The molecular weight excluding hydrogens is 250 g/mol. The molecule has 0 bridgehead atoms. The molecule has 1 saturated carbocycles. The van der Waals surface area contributed by atoms with Crippen molar-refractivity contribution in [2.45, 2.75) is 52.5 Å². The van der Waals surface area contributed by atoms with Gasteiger partial charge in [0.1, 0.15) is 0 Å². The van der Waals surface area contributed by atoms with Gasteiger partial charge in [0, 0.05) is 24.8 Å². The molecule has 1 aliphatic carbocycles. The number of nitrogens with one attached hydrogen (secondary N) is 1. The van der Waals surface area contributed by atoms with E-state index < -0.39 is 0 Å². The summed E-state index contributed by atoms with van der Waals surface area (Å²) >= 11 is 0. The maximum Gasteiger partial charge on any atom is 0.188 e. The van der Waals surface area contributed by atoms with Gasteiger partial charge in [0.2, 0.25) is 0 Å². The summed E-state index contributed by atoms with van der Waals surface area (Å²) in [5.74, 6) is 1.35. The molecule has 1 heterocycles. The van der Waals surface area contributed by atoms with Gasteiger partial charge in [-0.05, 0) is 31.6 Å². The number of rotatable bonds is 6. The van der Waals surface area contributed by atoms with Crippen LogP contribution in [0.1, 0.15) is 50.1 Å². The van der Waals surface area contributed by atoms with Crippen molar-refractivity contribution in [1.82, 2.24) is 15.1 Å². The molecule has 1 aromatic heterocycles. The van der Waals surface area contributed by atoms with Crippen LogP contribution >= 0.6 is 0 Å². The number of aromatic nitrogens is 2. The lowest BCUT2D eigenvalue weighted by molar-refractivity contribution is 0.315. The molecule has 112 valence electrons. The van der Waals surface area contributed by atoms with E-state index in [0.717, 1.165) is 31.0 Å². The average Bonchev–Trinajstić information content (AvgIpc) is 2.69. The van der Waals surface area contributed by atoms with E-state index in [1.54, 1.807) is 0 Å². The summed E-state index contributed by atoms with van der Waals surface area (Å²) in [4.78, 5) is 4.49. The second kappa shape index (κ2) is 6.77. The third-order valence-electron chi connectivity index (χ3n) is 4.23. The third-order valence-corrected chi connectivity index (χ3v) is 4.23. The van der Waals surface area contributed by atoms with Gasteiger partial charge in [-0.3, -0.25) is 4.68 Å². The first-order valence-electron chi connectivity index (χ1n) is 7.73. The van der Waals surface area contributed by atoms with Crippen molar-refractivity contribution in [2.24, 2.45) is 23.7 Å². The van der Waals surface area contributed by atoms with Crippen molar-refractivity contribution in [3.63, 3.8) is 0 Å². The molecule has 20 heavy (non-hydrogen) atoms. The van der Waals surface area contributed by atoms with Crippen molar-refractivity contribution in [3.05, 3.63) is 17.0 Å². The SMILES string of the molecule is CCc1nn(C)c(CC)c1CN=C(N)NCC1CCC1. The van der Waals surface area contributed by atoms with Gasteiger partial charge >= 0.3 is 0 Å². The Labute approximate surface area is 121 Å². The number of aliphatic imine (C=N–C) groups is 1. The van der Waals surface area contributed by atoms with Gasteiger partial charge in [-0.1, -0.05) is 20.3 Å². The molecule has 1 fully saturated rings. The molecule has 1 aromatic rings. The Hall–Kier alpha value is -1.52. The van der Waals surface area contributed by atoms with Crippen LogP contribution in [0.25, 0.3) is 0 Å². The van der Waals surface area contributed by atoms with E-state index in [0.29, 0.717) is 12.5 Å². The van der Waals surface area contributed by atoms with Crippen LogP contribution in [0.15, 0.2) is 4.99 Å². The van der Waals surface area contributed by atoms with Crippen LogP contribution < -0.4 is 11.1 Å². The summed E-state index contributed by atoms with van der Waals surface area (Å²) in [5.41, 5.74) is 9.59. The molecule has 2 rings (SSSR count). The fourth-order valence-electron chi connectivity index (χ4n) is 2.74. The molecule has 5 heteroatoms. The molecule has 0 aromatic carbocycles. The Morgan fingerprint density at radius 1 is 1.40 bits per heavy atom. The quantitative estimate of drug-likeness (QED) is 0.615. The van der Waals surface area contributed by atoms with Crippen molar-refractivity contribution < 1.29 is 0 Å². The largest absolute Gasteiger partial charge is 0.370 e. The van der Waals surface area contributed by atoms with Gasteiger partial charge < -0.3 is 11.1 Å². The molecule has 5 nitrogen and oxygen atoms in total. The summed E-state index contributed by atoms with van der Waals surface area (Å²) in [6.07, 6.45) is 5.92. The molecule has 0 spiro atoms. The molecule has 0 unspecified atom stereocenters. The molecule has 3 N–H and O–H groups in total. The highest BCUT2D eigenvalue weighted by molar-refractivity contribution is 5.77. The van der Waals surface area contributed by atoms with Crippen molar-refractivity contribution in [3.8, 4) is 0 Å². The highest BCUT2D eigenvalue weighted by atomic mass is 15.3. The summed E-state index contributed by atoms with van der Waals surface area (Å²) in [5, 5.41) is 7.80. The second-order valence-electron chi connectivity index (χ2n) is 5.58. The normalized spacial score (nSPS) is 16.2. The maximum absolute atomic E-state index is 5.95. The Kier molecular flexibility index (Phi) is 5.04. The van der Waals surface area contributed by atoms with Crippen LogP contribution in [0.3, 0.4) is 0 Å². The van der Waals surface area contributed by atoms with E-state index in [1.807, 2.05) is 11.7 Å². The highest BCUT2D eigenvalue weighted by Crippen LogP contribution is 2.25. The first-order chi connectivity index (χ1) is 9.65. The number of aryl methyl sites for hydroxylation is 2. The van der Waals surface area contributed by atoms with Gasteiger partial charge in [-0.15, -0.1) is 0 Å². The lowest BCUT2D eigenvalue weighted by atomic mass is 9.85. The summed E-state index contributed by atoms with van der Waals surface area (Å²) < 4.78 is 1.97. The van der Waals surface area contributed by atoms with Crippen molar-refractivity contribution in [2.75, 3.05) is 6.54 Å². The van der Waals surface area contributed by atoms with Crippen LogP contribution in [0, 0.1) is 5.92 Å². The smallest absolute Gasteiger partial charge is 0.188 e. The molecular formula is C15H27N5. The minimum atomic E-state index is 0.560. The lowest BCUT2D eigenvalue weighted by Gasteiger charge is -2.25. The first-order valence-corrected chi connectivity index (χ1v) is 7.73. The Balaban J connectivity index is 1.97. The topological polar surface area (TPSA) is 68.2 Å². The average molecular weight is 277 g/mol. The second-order valence-corrected chi connectivity index (χ2v) is 5.58. The van der Waals surface area contributed by atoms with Gasteiger partial charge in [-0.2, -0.15) is 5.10 Å². The van der Waals surface area contributed by atoms with Crippen LogP contribution in [0.5, 0.6) is 0 Å².